The smallest absolute Gasteiger partial charge is 0.254 e. The van der Waals surface area contributed by atoms with Crippen molar-refractivity contribution in [2.24, 2.45) is 0 Å². The summed E-state index contributed by atoms with van der Waals surface area (Å²) in [5.74, 6) is 1.56. The van der Waals surface area contributed by atoms with Gasteiger partial charge in [0.05, 0.1) is 19.8 Å². The number of aliphatic hydroxyl groups is 1. The van der Waals surface area contributed by atoms with E-state index >= 15 is 0 Å². The van der Waals surface area contributed by atoms with E-state index in [1.54, 1.807) is 13.2 Å². The number of benzene rings is 2. The molecule has 0 radical (unpaired) electrons. The number of aliphatic hydroxyl groups excluding tert-OH is 1. The zero-order valence-electron chi connectivity index (χ0n) is 20.8. The molecule has 2 saturated heterocycles. The Balaban J connectivity index is 1.19. The van der Waals surface area contributed by atoms with Gasteiger partial charge in [0.25, 0.3) is 5.91 Å². The normalized spacial score (nSPS) is 20.4. The van der Waals surface area contributed by atoms with Crippen molar-refractivity contribution in [3.8, 4) is 11.5 Å². The highest BCUT2D eigenvalue weighted by Crippen LogP contribution is 2.18. The largest absolute Gasteiger partial charge is 0.497 e. The Labute approximate surface area is 208 Å². The van der Waals surface area contributed by atoms with E-state index < -0.39 is 6.10 Å². The molecule has 0 saturated carbocycles. The zero-order chi connectivity index (χ0) is 24.6. The number of methoxy groups -OCH3 is 1. The van der Waals surface area contributed by atoms with Gasteiger partial charge < -0.3 is 24.2 Å². The maximum atomic E-state index is 12.9. The van der Waals surface area contributed by atoms with Crippen LogP contribution >= 0.6 is 0 Å². The maximum absolute atomic E-state index is 12.9. The van der Waals surface area contributed by atoms with E-state index in [1.165, 1.54) is 0 Å². The Morgan fingerprint density at radius 2 is 1.89 bits per heavy atom. The van der Waals surface area contributed by atoms with Gasteiger partial charge in [0.15, 0.2) is 0 Å². The summed E-state index contributed by atoms with van der Waals surface area (Å²) in [7, 11) is 1.61. The van der Waals surface area contributed by atoms with Crippen LogP contribution in [0.3, 0.4) is 0 Å². The van der Waals surface area contributed by atoms with E-state index in [1.807, 2.05) is 54.3 Å². The van der Waals surface area contributed by atoms with E-state index in [2.05, 4.69) is 9.80 Å². The predicted molar refractivity (Wildman–Crippen MR) is 134 cm³/mol. The lowest BCUT2D eigenvalue weighted by Gasteiger charge is -2.39. The number of hydrogen-bond donors (Lipinski definition) is 1. The van der Waals surface area contributed by atoms with Gasteiger partial charge in [-0.3, -0.25) is 14.6 Å². The molecule has 2 aromatic carbocycles. The minimum Gasteiger partial charge on any atom is -0.497 e. The molecule has 2 aliphatic heterocycles. The number of aryl methyl sites for hydroxylation is 1. The van der Waals surface area contributed by atoms with Crippen molar-refractivity contribution in [1.29, 1.82) is 0 Å². The van der Waals surface area contributed by atoms with E-state index in [0.717, 1.165) is 44.0 Å². The van der Waals surface area contributed by atoms with Crippen LogP contribution in [0.4, 0.5) is 0 Å². The highest BCUT2D eigenvalue weighted by molar-refractivity contribution is 5.94. The number of morpholine rings is 1. The number of piperazine rings is 1. The maximum Gasteiger partial charge on any atom is 0.254 e. The first-order chi connectivity index (χ1) is 17.0. The van der Waals surface area contributed by atoms with Crippen LogP contribution in [0.2, 0.25) is 0 Å². The van der Waals surface area contributed by atoms with Crippen molar-refractivity contribution >= 4 is 5.91 Å². The molecule has 2 atom stereocenters. The Bertz CT molecular complexity index is 963. The molecule has 8 heteroatoms. The summed E-state index contributed by atoms with van der Waals surface area (Å²) in [4.78, 5) is 19.4. The number of carbonyl (C=O) groups excluding carboxylic acids is 1. The molecule has 2 fully saturated rings. The Morgan fingerprint density at radius 1 is 1.09 bits per heavy atom. The molecular weight excluding hydrogens is 446 g/mol. The van der Waals surface area contributed by atoms with Gasteiger partial charge in [0.1, 0.15) is 24.2 Å². The molecule has 190 valence electrons. The highest BCUT2D eigenvalue weighted by Gasteiger charge is 2.27. The first-order valence-corrected chi connectivity index (χ1v) is 12.4. The van der Waals surface area contributed by atoms with Crippen LogP contribution in [-0.2, 0) is 4.74 Å². The van der Waals surface area contributed by atoms with Crippen molar-refractivity contribution in [3.63, 3.8) is 0 Å². The minimum atomic E-state index is -0.556. The Kier molecular flexibility index (Phi) is 8.98. The molecule has 2 aromatic rings. The first kappa shape index (κ1) is 25.4. The van der Waals surface area contributed by atoms with Crippen LogP contribution in [0.15, 0.2) is 48.5 Å². The molecule has 2 unspecified atom stereocenters. The van der Waals surface area contributed by atoms with Crippen molar-refractivity contribution in [2.75, 3.05) is 72.7 Å². The van der Waals surface area contributed by atoms with Gasteiger partial charge in [-0.05, 0) is 36.8 Å². The summed E-state index contributed by atoms with van der Waals surface area (Å²) in [6.07, 6.45) is -0.464. The third-order valence-electron chi connectivity index (χ3n) is 6.65. The molecule has 0 spiro atoms. The SMILES string of the molecule is COc1cccc(C(=O)N2CCN(CC3CN(CC(O)COc4ccccc4C)CCO3)CC2)c1. The summed E-state index contributed by atoms with van der Waals surface area (Å²) < 4.78 is 17.1. The second kappa shape index (κ2) is 12.4. The van der Waals surface area contributed by atoms with E-state index in [4.69, 9.17) is 14.2 Å². The first-order valence-electron chi connectivity index (χ1n) is 12.4. The molecule has 1 N–H and O–H groups in total. The summed E-state index contributed by atoms with van der Waals surface area (Å²) in [5.41, 5.74) is 1.73. The van der Waals surface area contributed by atoms with Gasteiger partial charge in [0.2, 0.25) is 0 Å². The lowest BCUT2D eigenvalue weighted by molar-refractivity contribution is -0.0591. The average Bonchev–Trinajstić information content (AvgIpc) is 2.88. The molecule has 0 aromatic heterocycles. The second-order valence-corrected chi connectivity index (χ2v) is 9.31. The van der Waals surface area contributed by atoms with Gasteiger partial charge in [-0.2, -0.15) is 0 Å². The molecule has 2 heterocycles. The summed E-state index contributed by atoms with van der Waals surface area (Å²) in [5, 5.41) is 10.5. The molecule has 8 nitrogen and oxygen atoms in total. The van der Waals surface area contributed by atoms with Crippen LogP contribution in [0.5, 0.6) is 11.5 Å². The number of rotatable bonds is 9. The third-order valence-corrected chi connectivity index (χ3v) is 6.65. The van der Waals surface area contributed by atoms with Gasteiger partial charge in [-0.25, -0.2) is 0 Å². The van der Waals surface area contributed by atoms with Crippen LogP contribution in [0.25, 0.3) is 0 Å². The van der Waals surface area contributed by atoms with Crippen molar-refractivity contribution in [1.82, 2.24) is 14.7 Å². The third kappa shape index (κ3) is 7.18. The van der Waals surface area contributed by atoms with Crippen molar-refractivity contribution < 1.29 is 24.1 Å². The standard InChI is InChI=1S/C27H37N3O5/c1-21-6-3-4-9-26(21)35-20-23(31)17-29-14-15-34-25(19-29)18-28-10-12-30(13-11-28)27(32)22-7-5-8-24(16-22)33-2/h3-9,16,23,25,31H,10-15,17-20H2,1-2H3. The topological polar surface area (TPSA) is 74.7 Å². The average molecular weight is 484 g/mol. The molecule has 0 aliphatic carbocycles. The highest BCUT2D eigenvalue weighted by atomic mass is 16.5. The molecule has 0 bridgehead atoms. The number of ether oxygens (including phenoxy) is 3. The van der Waals surface area contributed by atoms with Crippen LogP contribution in [0.1, 0.15) is 15.9 Å². The number of para-hydroxylation sites is 1. The molecule has 1 amide bonds. The number of amides is 1. The summed E-state index contributed by atoms with van der Waals surface area (Å²) in [6.45, 7) is 8.95. The van der Waals surface area contributed by atoms with Crippen LogP contribution in [0, 0.1) is 6.92 Å². The fourth-order valence-electron chi connectivity index (χ4n) is 4.67. The lowest BCUT2D eigenvalue weighted by atomic mass is 10.1. The summed E-state index contributed by atoms with van der Waals surface area (Å²) in [6, 6.07) is 15.2. The van der Waals surface area contributed by atoms with Gasteiger partial charge in [0, 0.05) is 57.9 Å². The zero-order valence-corrected chi connectivity index (χ0v) is 20.8. The number of hydrogen-bond acceptors (Lipinski definition) is 7. The fraction of sp³-hybridized carbons (Fsp3) is 0.519. The fourth-order valence-corrected chi connectivity index (χ4v) is 4.67. The molecule has 2 aliphatic rings. The van der Waals surface area contributed by atoms with Gasteiger partial charge in [-0.15, -0.1) is 0 Å². The number of carbonyl (C=O) groups is 1. The monoisotopic (exact) mass is 483 g/mol. The van der Waals surface area contributed by atoms with Crippen LogP contribution in [-0.4, -0.2) is 111 Å². The quantitative estimate of drug-likeness (QED) is 0.584. The van der Waals surface area contributed by atoms with Gasteiger partial charge >= 0.3 is 0 Å². The molecular formula is C27H37N3O5. The number of nitrogens with zero attached hydrogens (tertiary/aromatic N) is 3. The molecule has 4 rings (SSSR count). The number of β-amino-alcohol motifs (C(OH)–C–C–N with tert-alkyl or cyclic N) is 1. The Morgan fingerprint density at radius 3 is 2.66 bits per heavy atom. The Hall–Kier alpha value is -2.65. The predicted octanol–water partition coefficient (Wildman–Crippen LogP) is 1.90. The van der Waals surface area contributed by atoms with E-state index in [9.17, 15) is 9.90 Å². The van der Waals surface area contributed by atoms with Gasteiger partial charge in [-0.1, -0.05) is 24.3 Å². The van der Waals surface area contributed by atoms with E-state index in [-0.39, 0.29) is 18.6 Å². The van der Waals surface area contributed by atoms with Crippen molar-refractivity contribution in [2.45, 2.75) is 19.1 Å². The molecule has 35 heavy (non-hydrogen) atoms. The lowest BCUT2D eigenvalue weighted by Crippen LogP contribution is -2.54. The van der Waals surface area contributed by atoms with E-state index in [0.29, 0.717) is 37.6 Å². The minimum absolute atomic E-state index is 0.0468. The summed E-state index contributed by atoms with van der Waals surface area (Å²) >= 11 is 0. The van der Waals surface area contributed by atoms with Crippen molar-refractivity contribution in [3.05, 3.63) is 59.7 Å². The second-order valence-electron chi connectivity index (χ2n) is 9.31. The van der Waals surface area contributed by atoms with Crippen LogP contribution < -0.4 is 9.47 Å².